The Bertz CT molecular complexity index is 264. The molecule has 0 aromatic heterocycles. The van der Waals surface area contributed by atoms with Crippen molar-refractivity contribution in [3.05, 3.63) is 0 Å². The summed E-state index contributed by atoms with van der Waals surface area (Å²) in [7, 11) is 0. The van der Waals surface area contributed by atoms with Crippen molar-refractivity contribution in [2.75, 3.05) is 19.0 Å². The maximum atomic E-state index is 12.1. The molecule has 0 saturated carbocycles. The fraction of sp³-hybridized carbons (Fsp3) is 0.917. The molecule has 0 radical (unpaired) electrons. The van der Waals surface area contributed by atoms with Gasteiger partial charge in [-0.25, -0.2) is 0 Å². The fourth-order valence-electron chi connectivity index (χ4n) is 2.62. The molecule has 2 atom stereocenters. The lowest BCUT2D eigenvalue weighted by Crippen LogP contribution is -2.39. The second-order valence-corrected chi connectivity index (χ2v) is 6.82. The molecule has 2 saturated heterocycles. The molecule has 1 N–H and O–H groups in total. The van der Waals surface area contributed by atoms with Crippen molar-refractivity contribution in [1.82, 2.24) is 10.2 Å². The van der Waals surface area contributed by atoms with Crippen LogP contribution in [-0.4, -0.2) is 40.6 Å². The highest BCUT2D eigenvalue weighted by Crippen LogP contribution is 2.38. The second-order valence-electron chi connectivity index (χ2n) is 5.14. The molecule has 0 aliphatic carbocycles. The molecule has 1 amide bonds. The van der Waals surface area contributed by atoms with Crippen molar-refractivity contribution in [1.29, 1.82) is 0 Å². The number of carbonyl (C=O) groups is 1. The first-order chi connectivity index (χ1) is 7.64. The lowest BCUT2D eigenvalue weighted by molar-refractivity contribution is -0.129. The first-order valence-electron chi connectivity index (χ1n) is 6.31. The predicted octanol–water partition coefficient (Wildman–Crippen LogP) is 1.83. The maximum Gasteiger partial charge on any atom is 0.240 e. The molecule has 92 valence electrons. The van der Waals surface area contributed by atoms with E-state index in [0.717, 1.165) is 26.1 Å². The van der Waals surface area contributed by atoms with Gasteiger partial charge >= 0.3 is 0 Å². The van der Waals surface area contributed by atoms with Crippen LogP contribution in [0.25, 0.3) is 0 Å². The smallest absolute Gasteiger partial charge is 0.240 e. The van der Waals surface area contributed by atoms with Crippen molar-refractivity contribution in [3.8, 4) is 0 Å². The van der Waals surface area contributed by atoms with Gasteiger partial charge in [-0.15, -0.1) is 0 Å². The van der Waals surface area contributed by atoms with Crippen LogP contribution in [0.2, 0.25) is 0 Å². The maximum absolute atomic E-state index is 12.1. The number of nitrogens with zero attached hydrogens (tertiary/aromatic N) is 1. The number of hydrogen-bond donors (Lipinski definition) is 1. The fourth-order valence-corrected chi connectivity index (χ4v) is 3.94. The molecule has 2 aliphatic heterocycles. The van der Waals surface area contributed by atoms with E-state index < -0.39 is 0 Å². The zero-order valence-corrected chi connectivity index (χ0v) is 11.1. The molecule has 2 unspecified atom stereocenters. The Morgan fingerprint density at radius 2 is 2.44 bits per heavy atom. The molecule has 0 bridgehead atoms. The molecule has 2 aliphatic rings. The zero-order valence-electron chi connectivity index (χ0n) is 10.3. The van der Waals surface area contributed by atoms with Gasteiger partial charge in [-0.1, -0.05) is 13.3 Å². The van der Waals surface area contributed by atoms with Crippen LogP contribution in [0, 0.1) is 0 Å². The Morgan fingerprint density at radius 1 is 1.62 bits per heavy atom. The van der Waals surface area contributed by atoms with E-state index >= 15 is 0 Å². The Balaban J connectivity index is 1.89. The Kier molecular flexibility index (Phi) is 3.80. The largest absolute Gasteiger partial charge is 0.327 e. The van der Waals surface area contributed by atoms with Crippen molar-refractivity contribution < 1.29 is 4.79 Å². The van der Waals surface area contributed by atoms with E-state index in [0.29, 0.717) is 10.7 Å². The summed E-state index contributed by atoms with van der Waals surface area (Å²) in [5, 5.41) is 3.32. The third-order valence-electron chi connectivity index (χ3n) is 3.54. The average Bonchev–Trinajstić information content (AvgIpc) is 2.80. The van der Waals surface area contributed by atoms with Gasteiger partial charge in [0.05, 0.1) is 12.7 Å². The standard InChI is InChI=1S/C12H22N2OS/c1-3-5-10-11(15)14(9-13-10)8-12(2)6-4-7-16-12/h10,13H,3-9H2,1-2H3. The van der Waals surface area contributed by atoms with Gasteiger partial charge in [0.15, 0.2) is 0 Å². The SMILES string of the molecule is CCCC1NCN(CC2(C)CCCS2)C1=O. The molecule has 4 heteroatoms. The predicted molar refractivity (Wildman–Crippen MR) is 68.5 cm³/mol. The summed E-state index contributed by atoms with van der Waals surface area (Å²) in [6, 6.07) is 0.0833. The second kappa shape index (κ2) is 4.96. The van der Waals surface area contributed by atoms with Crippen LogP contribution in [0.15, 0.2) is 0 Å². The first kappa shape index (κ1) is 12.2. The molecular weight excluding hydrogens is 220 g/mol. The van der Waals surface area contributed by atoms with Crippen LogP contribution in [-0.2, 0) is 4.79 Å². The summed E-state index contributed by atoms with van der Waals surface area (Å²) in [4.78, 5) is 14.1. The van der Waals surface area contributed by atoms with Gasteiger partial charge in [0.1, 0.15) is 0 Å². The molecule has 0 aromatic rings. The number of rotatable bonds is 4. The lowest BCUT2D eigenvalue weighted by atomic mass is 10.0. The molecule has 3 nitrogen and oxygen atoms in total. The highest BCUT2D eigenvalue weighted by atomic mass is 32.2. The minimum absolute atomic E-state index is 0.0833. The molecule has 2 fully saturated rings. The highest BCUT2D eigenvalue weighted by molar-refractivity contribution is 8.00. The molecular formula is C12H22N2OS. The third kappa shape index (κ3) is 2.54. The average molecular weight is 242 g/mol. The minimum atomic E-state index is 0.0833. The van der Waals surface area contributed by atoms with Gasteiger partial charge < -0.3 is 4.90 Å². The summed E-state index contributed by atoms with van der Waals surface area (Å²) in [6.07, 6.45) is 4.59. The topological polar surface area (TPSA) is 32.3 Å². The summed E-state index contributed by atoms with van der Waals surface area (Å²) in [5.41, 5.74) is 0. The number of carbonyl (C=O) groups excluding carboxylic acids is 1. The van der Waals surface area contributed by atoms with Crippen LogP contribution in [0.3, 0.4) is 0 Å². The summed E-state index contributed by atoms with van der Waals surface area (Å²) >= 11 is 2.03. The van der Waals surface area contributed by atoms with Gasteiger partial charge in [-0.05, 0) is 31.9 Å². The Hall–Kier alpha value is -0.220. The highest BCUT2D eigenvalue weighted by Gasteiger charge is 2.37. The van der Waals surface area contributed by atoms with E-state index in [1.54, 1.807) is 0 Å². The Morgan fingerprint density at radius 3 is 3.06 bits per heavy atom. The van der Waals surface area contributed by atoms with Gasteiger partial charge in [-0.2, -0.15) is 11.8 Å². The quantitative estimate of drug-likeness (QED) is 0.816. The van der Waals surface area contributed by atoms with Crippen LogP contribution in [0.5, 0.6) is 0 Å². The van der Waals surface area contributed by atoms with Crippen molar-refractivity contribution in [2.45, 2.75) is 50.3 Å². The lowest BCUT2D eigenvalue weighted by Gasteiger charge is -2.28. The number of nitrogens with one attached hydrogen (secondary N) is 1. The van der Waals surface area contributed by atoms with Crippen LogP contribution >= 0.6 is 11.8 Å². The van der Waals surface area contributed by atoms with Crippen molar-refractivity contribution in [3.63, 3.8) is 0 Å². The zero-order chi connectivity index (χ0) is 11.6. The van der Waals surface area contributed by atoms with Gasteiger partial charge in [0.25, 0.3) is 0 Å². The van der Waals surface area contributed by atoms with E-state index in [1.165, 1.54) is 18.6 Å². The molecule has 0 aromatic carbocycles. The molecule has 0 spiro atoms. The van der Waals surface area contributed by atoms with Crippen LogP contribution in [0.1, 0.15) is 39.5 Å². The van der Waals surface area contributed by atoms with Crippen molar-refractivity contribution in [2.24, 2.45) is 0 Å². The van der Waals surface area contributed by atoms with Gasteiger partial charge in [0.2, 0.25) is 5.91 Å². The van der Waals surface area contributed by atoms with Crippen LogP contribution in [0.4, 0.5) is 0 Å². The summed E-state index contributed by atoms with van der Waals surface area (Å²) in [5.74, 6) is 1.57. The van der Waals surface area contributed by atoms with Crippen LogP contribution < -0.4 is 5.32 Å². The number of thioether (sulfide) groups is 1. The Labute approximate surface area is 102 Å². The molecule has 2 rings (SSSR count). The number of hydrogen-bond acceptors (Lipinski definition) is 3. The summed E-state index contributed by atoms with van der Waals surface area (Å²) < 4.78 is 0.304. The molecule has 16 heavy (non-hydrogen) atoms. The normalized spacial score (nSPS) is 35.0. The van der Waals surface area contributed by atoms with Gasteiger partial charge in [-0.3, -0.25) is 10.1 Å². The van der Waals surface area contributed by atoms with E-state index in [-0.39, 0.29) is 6.04 Å². The summed E-state index contributed by atoms with van der Waals surface area (Å²) in [6.45, 7) is 6.10. The van der Waals surface area contributed by atoms with E-state index in [1.807, 2.05) is 16.7 Å². The van der Waals surface area contributed by atoms with Crippen molar-refractivity contribution >= 4 is 17.7 Å². The first-order valence-corrected chi connectivity index (χ1v) is 7.29. The molecule has 2 heterocycles. The van der Waals surface area contributed by atoms with E-state index in [2.05, 4.69) is 19.2 Å². The third-order valence-corrected chi connectivity index (χ3v) is 5.06. The van der Waals surface area contributed by atoms with E-state index in [9.17, 15) is 4.79 Å². The monoisotopic (exact) mass is 242 g/mol. The van der Waals surface area contributed by atoms with Gasteiger partial charge in [0, 0.05) is 11.3 Å². The number of amides is 1. The van der Waals surface area contributed by atoms with E-state index in [4.69, 9.17) is 0 Å². The minimum Gasteiger partial charge on any atom is -0.327 e.